The van der Waals surface area contributed by atoms with Crippen molar-refractivity contribution >= 4 is 0 Å². The largest absolute Gasteiger partial charge is 0.478 e. The SMILES string of the molecule is Cc1ccc(OCCCNC(C)C)nc1. The zero-order valence-corrected chi connectivity index (χ0v) is 9.79. The minimum Gasteiger partial charge on any atom is -0.478 e. The highest BCUT2D eigenvalue weighted by Crippen LogP contribution is 2.06. The van der Waals surface area contributed by atoms with Gasteiger partial charge in [0.25, 0.3) is 0 Å². The summed E-state index contributed by atoms with van der Waals surface area (Å²) in [5.41, 5.74) is 1.16. The van der Waals surface area contributed by atoms with E-state index in [1.807, 2.05) is 25.3 Å². The topological polar surface area (TPSA) is 34.1 Å². The molecule has 0 aromatic carbocycles. The van der Waals surface area contributed by atoms with E-state index in [-0.39, 0.29) is 0 Å². The Kier molecular flexibility index (Phi) is 5.12. The first kappa shape index (κ1) is 12.0. The molecule has 84 valence electrons. The number of aryl methyl sites for hydroxylation is 1. The molecule has 1 heterocycles. The molecular weight excluding hydrogens is 188 g/mol. The Morgan fingerprint density at radius 1 is 1.40 bits per heavy atom. The van der Waals surface area contributed by atoms with Crippen LogP contribution in [0.4, 0.5) is 0 Å². The van der Waals surface area contributed by atoms with Crippen LogP contribution in [0.1, 0.15) is 25.8 Å². The van der Waals surface area contributed by atoms with E-state index in [2.05, 4.69) is 24.1 Å². The lowest BCUT2D eigenvalue weighted by Crippen LogP contribution is -2.24. The van der Waals surface area contributed by atoms with Crippen molar-refractivity contribution in [3.05, 3.63) is 23.9 Å². The molecule has 0 amide bonds. The van der Waals surface area contributed by atoms with Crippen molar-refractivity contribution in [3.63, 3.8) is 0 Å². The van der Waals surface area contributed by atoms with Crippen LogP contribution < -0.4 is 10.1 Å². The van der Waals surface area contributed by atoms with Gasteiger partial charge >= 0.3 is 0 Å². The van der Waals surface area contributed by atoms with Crippen LogP contribution in [0.15, 0.2) is 18.3 Å². The van der Waals surface area contributed by atoms with E-state index in [0.717, 1.165) is 25.1 Å². The molecule has 1 rings (SSSR count). The van der Waals surface area contributed by atoms with Gasteiger partial charge in [-0.3, -0.25) is 0 Å². The molecule has 1 aromatic heterocycles. The second-order valence-electron chi connectivity index (χ2n) is 3.98. The fourth-order valence-electron chi connectivity index (χ4n) is 1.18. The van der Waals surface area contributed by atoms with Gasteiger partial charge in [0.05, 0.1) is 6.61 Å². The van der Waals surface area contributed by atoms with Crippen molar-refractivity contribution in [2.75, 3.05) is 13.2 Å². The van der Waals surface area contributed by atoms with Gasteiger partial charge in [0, 0.05) is 18.3 Å². The summed E-state index contributed by atoms with van der Waals surface area (Å²) in [6.07, 6.45) is 2.83. The highest BCUT2D eigenvalue weighted by Gasteiger charge is 1.95. The van der Waals surface area contributed by atoms with Crippen molar-refractivity contribution in [1.82, 2.24) is 10.3 Å². The van der Waals surface area contributed by atoms with Gasteiger partial charge in [0.1, 0.15) is 0 Å². The van der Waals surface area contributed by atoms with E-state index in [0.29, 0.717) is 11.9 Å². The Morgan fingerprint density at radius 3 is 2.80 bits per heavy atom. The lowest BCUT2D eigenvalue weighted by atomic mass is 10.3. The smallest absolute Gasteiger partial charge is 0.213 e. The second-order valence-corrected chi connectivity index (χ2v) is 3.98. The van der Waals surface area contributed by atoms with E-state index in [1.54, 1.807) is 0 Å². The molecule has 15 heavy (non-hydrogen) atoms. The molecule has 0 aliphatic rings. The number of rotatable bonds is 6. The Morgan fingerprint density at radius 2 is 2.20 bits per heavy atom. The van der Waals surface area contributed by atoms with Crippen LogP contribution in [-0.2, 0) is 0 Å². The third-order valence-electron chi connectivity index (χ3n) is 2.01. The standard InChI is InChI=1S/C12H20N2O/c1-10(2)13-7-4-8-15-12-6-5-11(3)9-14-12/h5-6,9-10,13H,4,7-8H2,1-3H3. The third kappa shape index (κ3) is 5.37. The number of nitrogens with one attached hydrogen (secondary N) is 1. The van der Waals surface area contributed by atoms with Gasteiger partial charge in [-0.2, -0.15) is 0 Å². The molecule has 0 unspecified atom stereocenters. The fourth-order valence-corrected chi connectivity index (χ4v) is 1.18. The van der Waals surface area contributed by atoms with Gasteiger partial charge in [0.15, 0.2) is 0 Å². The molecule has 1 aromatic rings. The maximum atomic E-state index is 5.49. The predicted octanol–water partition coefficient (Wildman–Crippen LogP) is 2.16. The highest BCUT2D eigenvalue weighted by molar-refractivity contribution is 5.16. The summed E-state index contributed by atoms with van der Waals surface area (Å²) >= 11 is 0. The van der Waals surface area contributed by atoms with Gasteiger partial charge in [0.2, 0.25) is 5.88 Å². The molecular formula is C12H20N2O. The molecule has 0 bridgehead atoms. The van der Waals surface area contributed by atoms with E-state index < -0.39 is 0 Å². The van der Waals surface area contributed by atoms with Gasteiger partial charge in [-0.1, -0.05) is 19.9 Å². The Bertz CT molecular complexity index is 269. The summed E-state index contributed by atoms with van der Waals surface area (Å²) in [4.78, 5) is 4.17. The average Bonchev–Trinajstić information content (AvgIpc) is 2.20. The van der Waals surface area contributed by atoms with Crippen molar-refractivity contribution < 1.29 is 4.74 Å². The molecule has 0 radical (unpaired) electrons. The zero-order valence-electron chi connectivity index (χ0n) is 9.79. The average molecular weight is 208 g/mol. The van der Waals surface area contributed by atoms with Crippen LogP contribution in [0.3, 0.4) is 0 Å². The normalized spacial score (nSPS) is 10.7. The van der Waals surface area contributed by atoms with Crippen molar-refractivity contribution in [3.8, 4) is 5.88 Å². The molecule has 1 N–H and O–H groups in total. The van der Waals surface area contributed by atoms with Crippen molar-refractivity contribution in [2.24, 2.45) is 0 Å². The van der Waals surface area contributed by atoms with E-state index in [9.17, 15) is 0 Å². The first-order chi connectivity index (χ1) is 7.18. The number of hydrogen-bond acceptors (Lipinski definition) is 3. The highest BCUT2D eigenvalue weighted by atomic mass is 16.5. The molecule has 0 atom stereocenters. The number of ether oxygens (including phenoxy) is 1. The molecule has 0 aliphatic carbocycles. The van der Waals surface area contributed by atoms with Gasteiger partial charge < -0.3 is 10.1 Å². The first-order valence-corrected chi connectivity index (χ1v) is 5.47. The van der Waals surface area contributed by atoms with E-state index in [1.165, 1.54) is 0 Å². The maximum Gasteiger partial charge on any atom is 0.213 e. The van der Waals surface area contributed by atoms with Crippen molar-refractivity contribution in [2.45, 2.75) is 33.2 Å². The van der Waals surface area contributed by atoms with E-state index >= 15 is 0 Å². The fraction of sp³-hybridized carbons (Fsp3) is 0.583. The third-order valence-corrected chi connectivity index (χ3v) is 2.01. The summed E-state index contributed by atoms with van der Waals surface area (Å²) < 4.78 is 5.49. The molecule has 0 fully saturated rings. The second kappa shape index (κ2) is 6.40. The van der Waals surface area contributed by atoms with Crippen LogP contribution in [0.2, 0.25) is 0 Å². The van der Waals surface area contributed by atoms with Crippen LogP contribution >= 0.6 is 0 Å². The zero-order chi connectivity index (χ0) is 11.1. The maximum absolute atomic E-state index is 5.49. The summed E-state index contributed by atoms with van der Waals surface area (Å²) in [6.45, 7) is 8.01. The first-order valence-electron chi connectivity index (χ1n) is 5.47. The monoisotopic (exact) mass is 208 g/mol. The Labute approximate surface area is 91.9 Å². The van der Waals surface area contributed by atoms with Gasteiger partial charge in [-0.05, 0) is 25.5 Å². The molecule has 3 nitrogen and oxygen atoms in total. The number of hydrogen-bond donors (Lipinski definition) is 1. The van der Waals surface area contributed by atoms with Gasteiger partial charge in [-0.25, -0.2) is 4.98 Å². The minimum absolute atomic E-state index is 0.544. The lowest BCUT2D eigenvalue weighted by Gasteiger charge is -2.08. The van der Waals surface area contributed by atoms with Crippen LogP contribution in [-0.4, -0.2) is 24.2 Å². The molecule has 3 heteroatoms. The Hall–Kier alpha value is -1.09. The summed E-state index contributed by atoms with van der Waals surface area (Å²) in [6, 6.07) is 4.46. The molecule has 0 spiro atoms. The Balaban J connectivity index is 2.12. The summed E-state index contributed by atoms with van der Waals surface area (Å²) in [7, 11) is 0. The van der Waals surface area contributed by atoms with Crippen LogP contribution in [0.25, 0.3) is 0 Å². The number of nitrogens with zero attached hydrogens (tertiary/aromatic N) is 1. The molecule has 0 saturated heterocycles. The predicted molar refractivity (Wildman–Crippen MR) is 62.2 cm³/mol. The van der Waals surface area contributed by atoms with Gasteiger partial charge in [-0.15, -0.1) is 0 Å². The summed E-state index contributed by atoms with van der Waals surface area (Å²) in [5.74, 6) is 0.713. The number of aromatic nitrogens is 1. The molecule has 0 saturated carbocycles. The summed E-state index contributed by atoms with van der Waals surface area (Å²) in [5, 5.41) is 3.34. The van der Waals surface area contributed by atoms with E-state index in [4.69, 9.17) is 4.74 Å². The molecule has 0 aliphatic heterocycles. The lowest BCUT2D eigenvalue weighted by molar-refractivity contribution is 0.295. The van der Waals surface area contributed by atoms with Crippen LogP contribution in [0, 0.1) is 6.92 Å². The number of pyridine rings is 1. The van der Waals surface area contributed by atoms with Crippen molar-refractivity contribution in [1.29, 1.82) is 0 Å². The quantitative estimate of drug-likeness (QED) is 0.727. The minimum atomic E-state index is 0.544. The van der Waals surface area contributed by atoms with Crippen LogP contribution in [0.5, 0.6) is 5.88 Å².